The maximum atomic E-state index is 11.4. The predicted molar refractivity (Wildman–Crippen MR) is 65.0 cm³/mol. The fraction of sp³-hybridized carbons (Fsp3) is 0.200. The highest BCUT2D eigenvalue weighted by molar-refractivity contribution is 9.10. The third-order valence-electron chi connectivity index (χ3n) is 2.12. The van der Waals surface area contributed by atoms with Gasteiger partial charge in [-0.3, -0.25) is 0 Å². The lowest BCUT2D eigenvalue weighted by molar-refractivity contribution is 0.0587. The highest BCUT2D eigenvalue weighted by atomic mass is 79.9. The van der Waals surface area contributed by atoms with Crippen molar-refractivity contribution in [2.24, 2.45) is 0 Å². The lowest BCUT2D eigenvalue weighted by atomic mass is 9.89. The Hall–Kier alpha value is -1.30. The van der Waals surface area contributed by atoms with Gasteiger partial charge in [-0.15, -0.1) is 0 Å². The van der Waals surface area contributed by atoms with Crippen LogP contribution >= 0.6 is 15.9 Å². The van der Waals surface area contributed by atoms with Crippen LogP contribution in [0.4, 0.5) is 0 Å². The van der Waals surface area contributed by atoms with E-state index in [1.807, 2.05) is 0 Å². The second kappa shape index (κ2) is 5.16. The average Bonchev–Trinajstić information content (AvgIpc) is 2.29. The minimum absolute atomic E-state index is 0.382. The highest BCUT2D eigenvalue weighted by Crippen LogP contribution is 2.18. The van der Waals surface area contributed by atoms with Crippen LogP contribution in [-0.4, -0.2) is 34.0 Å². The zero-order valence-electron chi connectivity index (χ0n) is 9.17. The lowest BCUT2D eigenvalue weighted by Crippen LogP contribution is -2.19. The zero-order valence-corrected chi connectivity index (χ0v) is 10.8. The summed E-state index contributed by atoms with van der Waals surface area (Å²) in [5, 5.41) is 0. The van der Waals surface area contributed by atoms with E-state index in [0.29, 0.717) is 21.1 Å². The van der Waals surface area contributed by atoms with E-state index in [4.69, 9.17) is 0 Å². The Balaban J connectivity index is 3.27. The Morgan fingerprint density at radius 1 is 1.12 bits per heavy atom. The maximum absolute atomic E-state index is 11.4. The maximum Gasteiger partial charge on any atom is 0.338 e. The normalized spacial score (nSPS) is 9.69. The lowest BCUT2D eigenvalue weighted by Gasteiger charge is -2.08. The SMILES string of the molecule is Bc1cc(C(=O)OC)c(Br)cc1C(=O)OC. The van der Waals surface area contributed by atoms with Gasteiger partial charge in [-0.05, 0) is 22.0 Å². The van der Waals surface area contributed by atoms with Crippen LogP contribution in [0.1, 0.15) is 20.7 Å². The quantitative estimate of drug-likeness (QED) is 0.578. The van der Waals surface area contributed by atoms with E-state index in [1.165, 1.54) is 14.2 Å². The summed E-state index contributed by atoms with van der Waals surface area (Å²) >= 11 is 3.21. The van der Waals surface area contributed by atoms with Crippen molar-refractivity contribution in [2.45, 2.75) is 0 Å². The molecule has 0 unspecified atom stereocenters. The molecule has 0 heterocycles. The molecular weight excluding hydrogens is 275 g/mol. The molecule has 0 amide bonds. The Bertz CT molecular complexity index is 403. The minimum Gasteiger partial charge on any atom is -0.465 e. The van der Waals surface area contributed by atoms with Gasteiger partial charge in [-0.25, -0.2) is 9.59 Å². The Kier molecular flexibility index (Phi) is 4.12. The van der Waals surface area contributed by atoms with Crippen molar-refractivity contribution >= 4 is 41.2 Å². The second-order valence-electron chi connectivity index (χ2n) is 3.13. The van der Waals surface area contributed by atoms with Crippen molar-refractivity contribution < 1.29 is 19.1 Å². The molecule has 0 fully saturated rings. The molecule has 1 aromatic rings. The topological polar surface area (TPSA) is 52.6 Å². The van der Waals surface area contributed by atoms with Crippen LogP contribution in [-0.2, 0) is 9.47 Å². The number of carbonyl (C=O) groups is 2. The number of ether oxygens (including phenoxy) is 2. The van der Waals surface area contributed by atoms with E-state index >= 15 is 0 Å². The summed E-state index contributed by atoms with van der Waals surface area (Å²) in [5.74, 6) is -0.888. The van der Waals surface area contributed by atoms with Crippen molar-refractivity contribution in [1.29, 1.82) is 0 Å². The van der Waals surface area contributed by atoms with Gasteiger partial charge >= 0.3 is 11.9 Å². The van der Waals surface area contributed by atoms with Crippen molar-refractivity contribution in [3.63, 3.8) is 0 Å². The zero-order chi connectivity index (χ0) is 12.3. The molecule has 0 aromatic heterocycles. The van der Waals surface area contributed by atoms with Gasteiger partial charge in [0.05, 0.1) is 25.3 Å². The van der Waals surface area contributed by atoms with Gasteiger partial charge in [0.25, 0.3) is 0 Å². The number of carbonyl (C=O) groups excluding carboxylic acids is 2. The largest absolute Gasteiger partial charge is 0.465 e. The minimum atomic E-state index is -0.452. The number of methoxy groups -OCH3 is 2. The molecule has 1 aromatic carbocycles. The van der Waals surface area contributed by atoms with Crippen LogP contribution in [0.15, 0.2) is 16.6 Å². The van der Waals surface area contributed by atoms with Gasteiger partial charge in [0.2, 0.25) is 0 Å². The van der Waals surface area contributed by atoms with Crippen molar-refractivity contribution in [1.82, 2.24) is 0 Å². The molecule has 0 saturated heterocycles. The fourth-order valence-electron chi connectivity index (χ4n) is 1.28. The molecule has 0 N–H and O–H groups in total. The van der Waals surface area contributed by atoms with Gasteiger partial charge in [0.15, 0.2) is 0 Å². The molecule has 6 heteroatoms. The number of rotatable bonds is 2. The van der Waals surface area contributed by atoms with E-state index in [-0.39, 0.29) is 0 Å². The van der Waals surface area contributed by atoms with E-state index in [1.54, 1.807) is 20.0 Å². The first-order chi connectivity index (χ1) is 7.51. The molecule has 4 nitrogen and oxygen atoms in total. The number of benzene rings is 1. The molecule has 0 aliphatic rings. The van der Waals surface area contributed by atoms with E-state index in [9.17, 15) is 9.59 Å². The highest BCUT2D eigenvalue weighted by Gasteiger charge is 2.16. The fourth-order valence-corrected chi connectivity index (χ4v) is 1.78. The average molecular weight is 285 g/mol. The van der Waals surface area contributed by atoms with Gasteiger partial charge in [-0.1, -0.05) is 11.5 Å². The van der Waals surface area contributed by atoms with Crippen LogP contribution in [0.25, 0.3) is 0 Å². The molecule has 84 valence electrons. The molecule has 0 aliphatic heterocycles. The third kappa shape index (κ3) is 2.44. The summed E-state index contributed by atoms with van der Waals surface area (Å²) in [6.07, 6.45) is 0. The third-order valence-corrected chi connectivity index (χ3v) is 2.78. The molecule has 16 heavy (non-hydrogen) atoms. The summed E-state index contributed by atoms with van der Waals surface area (Å²) in [7, 11) is 4.34. The Labute approximate surface area is 102 Å². The van der Waals surface area contributed by atoms with Crippen LogP contribution in [0.2, 0.25) is 0 Å². The number of hydrogen-bond acceptors (Lipinski definition) is 4. The van der Waals surface area contributed by atoms with Gasteiger partial charge in [-0.2, -0.15) is 0 Å². The monoisotopic (exact) mass is 284 g/mol. The molecule has 0 bridgehead atoms. The molecule has 0 radical (unpaired) electrons. The van der Waals surface area contributed by atoms with Crippen molar-refractivity contribution in [3.05, 3.63) is 27.7 Å². The number of halogens is 1. The van der Waals surface area contributed by atoms with Crippen LogP contribution in [0.3, 0.4) is 0 Å². The smallest absolute Gasteiger partial charge is 0.338 e. The standard InChI is InChI=1S/C10H10BBrO4/c1-15-9(13)5-4-8(12)6(3-7(5)11)10(14)16-2/h3-4H,11H2,1-2H3. The predicted octanol–water partition coefficient (Wildman–Crippen LogP) is 0.281. The Morgan fingerprint density at radius 2 is 1.62 bits per heavy atom. The van der Waals surface area contributed by atoms with E-state index in [2.05, 4.69) is 25.4 Å². The van der Waals surface area contributed by atoms with Gasteiger partial charge in [0.1, 0.15) is 7.85 Å². The molecule has 0 saturated carbocycles. The first-order valence-corrected chi connectivity index (χ1v) is 5.27. The van der Waals surface area contributed by atoms with Crippen molar-refractivity contribution in [2.75, 3.05) is 14.2 Å². The summed E-state index contributed by atoms with van der Waals surface area (Å²) in [6, 6.07) is 3.13. The van der Waals surface area contributed by atoms with Gasteiger partial charge in [0, 0.05) is 4.47 Å². The molecule has 0 atom stereocenters. The number of hydrogen-bond donors (Lipinski definition) is 0. The summed E-state index contributed by atoms with van der Waals surface area (Å²) in [5.41, 5.74) is 1.46. The summed E-state index contributed by atoms with van der Waals surface area (Å²) < 4.78 is 9.74. The summed E-state index contributed by atoms with van der Waals surface area (Å²) in [4.78, 5) is 22.7. The molecule has 0 aliphatic carbocycles. The molecular formula is C10H10BBrO4. The van der Waals surface area contributed by atoms with E-state index in [0.717, 1.165) is 0 Å². The summed E-state index contributed by atoms with van der Waals surface area (Å²) in [6.45, 7) is 0. The first-order valence-electron chi connectivity index (χ1n) is 4.48. The van der Waals surface area contributed by atoms with Crippen molar-refractivity contribution in [3.8, 4) is 0 Å². The Morgan fingerprint density at radius 3 is 2.12 bits per heavy atom. The van der Waals surface area contributed by atoms with E-state index < -0.39 is 11.9 Å². The molecule has 0 spiro atoms. The van der Waals surface area contributed by atoms with Crippen LogP contribution in [0, 0.1) is 0 Å². The first kappa shape index (κ1) is 12.8. The molecule has 1 rings (SSSR count). The second-order valence-corrected chi connectivity index (χ2v) is 3.98. The number of esters is 2. The van der Waals surface area contributed by atoms with Gasteiger partial charge < -0.3 is 9.47 Å². The van der Waals surface area contributed by atoms with Crippen LogP contribution < -0.4 is 5.46 Å². The van der Waals surface area contributed by atoms with Crippen LogP contribution in [0.5, 0.6) is 0 Å².